The summed E-state index contributed by atoms with van der Waals surface area (Å²) in [6, 6.07) is 8.72. The van der Waals surface area contributed by atoms with Gasteiger partial charge in [-0.2, -0.15) is 0 Å². The molecule has 1 aliphatic heterocycles. The van der Waals surface area contributed by atoms with E-state index in [-0.39, 0.29) is 5.56 Å². The van der Waals surface area contributed by atoms with E-state index in [1.807, 2.05) is 19.1 Å². The van der Waals surface area contributed by atoms with Crippen LogP contribution in [-0.2, 0) is 0 Å². The van der Waals surface area contributed by atoms with Gasteiger partial charge in [0.2, 0.25) is 0 Å². The fraction of sp³-hybridized carbons (Fsp3) is 0.375. The van der Waals surface area contributed by atoms with Crippen molar-refractivity contribution >= 4 is 22.7 Å². The summed E-state index contributed by atoms with van der Waals surface area (Å²) in [5.41, 5.74) is 0.229. The van der Waals surface area contributed by atoms with Crippen molar-refractivity contribution in [2.75, 3.05) is 18.0 Å². The molecule has 1 aliphatic rings. The number of aromatic carboxylic acids is 1. The maximum absolute atomic E-state index is 11.2. The number of hydrogen-bond donors (Lipinski definition) is 2. The summed E-state index contributed by atoms with van der Waals surface area (Å²) < 4.78 is 0. The van der Waals surface area contributed by atoms with Crippen LogP contribution >= 0.6 is 0 Å². The molecule has 2 aromatic rings. The van der Waals surface area contributed by atoms with Crippen LogP contribution < -0.4 is 4.90 Å². The first-order valence-electron chi connectivity index (χ1n) is 7.07. The van der Waals surface area contributed by atoms with Crippen molar-refractivity contribution in [3.05, 3.63) is 35.9 Å². The minimum atomic E-state index is -0.948. The zero-order valence-corrected chi connectivity index (χ0v) is 11.9. The van der Waals surface area contributed by atoms with E-state index in [4.69, 9.17) is 0 Å². The first-order valence-corrected chi connectivity index (χ1v) is 7.07. The maximum Gasteiger partial charge on any atom is 0.336 e. The molecule has 1 atom stereocenters. The number of benzene rings is 1. The van der Waals surface area contributed by atoms with Crippen LogP contribution in [0.4, 0.5) is 5.82 Å². The molecule has 0 saturated carbocycles. The van der Waals surface area contributed by atoms with Crippen molar-refractivity contribution < 1.29 is 15.0 Å². The third-order valence-corrected chi connectivity index (χ3v) is 3.95. The lowest BCUT2D eigenvalue weighted by molar-refractivity contribution is 0.0447. The quantitative estimate of drug-likeness (QED) is 0.886. The third-order valence-electron chi connectivity index (χ3n) is 3.95. The fourth-order valence-corrected chi connectivity index (χ4v) is 2.92. The minimum Gasteiger partial charge on any atom is -0.478 e. The average molecular weight is 286 g/mol. The summed E-state index contributed by atoms with van der Waals surface area (Å²) in [6.07, 6.45) is 1.71. The number of pyridine rings is 1. The Labute approximate surface area is 122 Å². The molecule has 0 radical (unpaired) electrons. The van der Waals surface area contributed by atoms with Crippen LogP contribution in [0.25, 0.3) is 10.9 Å². The van der Waals surface area contributed by atoms with Gasteiger partial charge < -0.3 is 15.1 Å². The van der Waals surface area contributed by atoms with Gasteiger partial charge >= 0.3 is 5.97 Å². The number of nitrogens with zero attached hydrogens (tertiary/aromatic N) is 2. The van der Waals surface area contributed by atoms with Crippen LogP contribution in [0.3, 0.4) is 0 Å². The lowest BCUT2D eigenvalue weighted by Gasteiger charge is -2.37. The van der Waals surface area contributed by atoms with Crippen molar-refractivity contribution in [1.82, 2.24) is 4.98 Å². The highest BCUT2D eigenvalue weighted by Gasteiger charge is 2.29. The van der Waals surface area contributed by atoms with Crippen molar-refractivity contribution in [1.29, 1.82) is 0 Å². The van der Waals surface area contributed by atoms with E-state index in [0.717, 1.165) is 25.2 Å². The van der Waals surface area contributed by atoms with Crippen LogP contribution in [0.2, 0.25) is 0 Å². The molecule has 1 aromatic carbocycles. The number of fused-ring (bicyclic) bond motifs is 1. The first kappa shape index (κ1) is 13.8. The van der Waals surface area contributed by atoms with Crippen molar-refractivity contribution in [3.63, 3.8) is 0 Å². The van der Waals surface area contributed by atoms with Gasteiger partial charge in [0.05, 0.1) is 16.7 Å². The van der Waals surface area contributed by atoms with Crippen LogP contribution in [0, 0.1) is 0 Å². The molecule has 1 saturated heterocycles. The zero-order chi connectivity index (χ0) is 15.0. The van der Waals surface area contributed by atoms with Gasteiger partial charge in [0.1, 0.15) is 5.82 Å². The molecule has 0 spiro atoms. The number of hydrogen-bond acceptors (Lipinski definition) is 4. The van der Waals surface area contributed by atoms with E-state index in [1.165, 1.54) is 0 Å². The molecule has 1 fully saturated rings. The standard InChI is InChI=1S/C16H18N2O3/c1-16(21)8-3-9-18(10-16)14-7-6-11-12(15(19)20)4-2-5-13(11)17-14/h2,4-7,21H,3,8-10H2,1H3,(H,19,20). The Morgan fingerprint density at radius 1 is 1.33 bits per heavy atom. The van der Waals surface area contributed by atoms with E-state index >= 15 is 0 Å². The van der Waals surface area contributed by atoms with Crippen LogP contribution in [0.5, 0.6) is 0 Å². The summed E-state index contributed by atoms with van der Waals surface area (Å²) >= 11 is 0. The lowest BCUT2D eigenvalue weighted by atomic mass is 9.95. The van der Waals surface area contributed by atoms with E-state index in [1.54, 1.807) is 18.2 Å². The number of anilines is 1. The third kappa shape index (κ3) is 2.69. The van der Waals surface area contributed by atoms with Gasteiger partial charge in [-0.05, 0) is 44.0 Å². The Morgan fingerprint density at radius 3 is 2.86 bits per heavy atom. The van der Waals surface area contributed by atoms with Crippen LogP contribution in [0.1, 0.15) is 30.1 Å². The van der Waals surface area contributed by atoms with Gasteiger partial charge in [0, 0.05) is 18.5 Å². The molecule has 1 aromatic heterocycles. The monoisotopic (exact) mass is 286 g/mol. The number of aromatic nitrogens is 1. The number of β-amino-alcohol motifs (C(OH)–C–C–N with tert-alkyl or cyclic N) is 1. The van der Waals surface area contributed by atoms with Crippen molar-refractivity contribution in [3.8, 4) is 0 Å². The number of carboxylic acid groups (broad SMARTS) is 1. The molecular weight excluding hydrogens is 268 g/mol. The van der Waals surface area contributed by atoms with Gasteiger partial charge in [0.15, 0.2) is 0 Å². The summed E-state index contributed by atoms with van der Waals surface area (Å²) in [6.45, 7) is 3.24. The van der Waals surface area contributed by atoms with Gasteiger partial charge in [-0.25, -0.2) is 9.78 Å². The number of piperidine rings is 1. The number of carboxylic acids is 1. The smallest absolute Gasteiger partial charge is 0.336 e. The van der Waals surface area contributed by atoms with E-state index < -0.39 is 11.6 Å². The second-order valence-electron chi connectivity index (χ2n) is 5.87. The van der Waals surface area contributed by atoms with E-state index in [2.05, 4.69) is 9.88 Å². The zero-order valence-electron chi connectivity index (χ0n) is 11.9. The second-order valence-corrected chi connectivity index (χ2v) is 5.87. The average Bonchev–Trinajstić information content (AvgIpc) is 2.44. The highest BCUT2D eigenvalue weighted by molar-refractivity contribution is 6.02. The molecule has 2 heterocycles. The molecule has 0 bridgehead atoms. The number of carbonyl (C=O) groups is 1. The summed E-state index contributed by atoms with van der Waals surface area (Å²) in [7, 11) is 0. The highest BCUT2D eigenvalue weighted by Crippen LogP contribution is 2.27. The Morgan fingerprint density at radius 2 is 2.14 bits per heavy atom. The van der Waals surface area contributed by atoms with E-state index in [9.17, 15) is 15.0 Å². The highest BCUT2D eigenvalue weighted by atomic mass is 16.4. The predicted molar refractivity (Wildman–Crippen MR) is 80.8 cm³/mol. The number of rotatable bonds is 2. The summed E-state index contributed by atoms with van der Waals surface area (Å²) in [5.74, 6) is -0.166. The molecule has 2 N–H and O–H groups in total. The van der Waals surface area contributed by atoms with E-state index in [0.29, 0.717) is 17.4 Å². The second kappa shape index (κ2) is 5.00. The molecule has 21 heavy (non-hydrogen) atoms. The Kier molecular flexibility index (Phi) is 3.29. The maximum atomic E-state index is 11.2. The fourth-order valence-electron chi connectivity index (χ4n) is 2.92. The predicted octanol–water partition coefficient (Wildman–Crippen LogP) is 2.28. The topological polar surface area (TPSA) is 73.7 Å². The van der Waals surface area contributed by atoms with Crippen LogP contribution in [0.15, 0.2) is 30.3 Å². The molecule has 5 nitrogen and oxygen atoms in total. The molecule has 5 heteroatoms. The Balaban J connectivity index is 2.00. The molecule has 3 rings (SSSR count). The van der Waals surface area contributed by atoms with Crippen molar-refractivity contribution in [2.45, 2.75) is 25.4 Å². The Hall–Kier alpha value is -2.14. The van der Waals surface area contributed by atoms with Gasteiger partial charge in [-0.15, -0.1) is 0 Å². The van der Waals surface area contributed by atoms with Crippen molar-refractivity contribution in [2.24, 2.45) is 0 Å². The molecule has 110 valence electrons. The normalized spacial score (nSPS) is 22.5. The summed E-state index contributed by atoms with van der Waals surface area (Å²) in [5, 5.41) is 20.0. The molecule has 1 unspecified atom stereocenters. The number of aliphatic hydroxyl groups is 1. The van der Waals surface area contributed by atoms with Gasteiger partial charge in [-0.3, -0.25) is 0 Å². The largest absolute Gasteiger partial charge is 0.478 e. The first-order chi connectivity index (χ1) is 9.96. The molecular formula is C16H18N2O3. The van der Waals surface area contributed by atoms with Crippen LogP contribution in [-0.4, -0.2) is 39.9 Å². The Bertz CT molecular complexity index is 697. The summed E-state index contributed by atoms with van der Waals surface area (Å²) in [4.78, 5) is 17.8. The molecule has 0 amide bonds. The van der Waals surface area contributed by atoms with Gasteiger partial charge in [-0.1, -0.05) is 6.07 Å². The minimum absolute atomic E-state index is 0.261. The lowest BCUT2D eigenvalue weighted by Crippen LogP contribution is -2.46. The SMILES string of the molecule is CC1(O)CCCN(c2ccc3c(C(=O)O)cccc3n2)C1. The van der Waals surface area contributed by atoms with Gasteiger partial charge in [0.25, 0.3) is 0 Å². The molecule has 0 aliphatic carbocycles.